The van der Waals surface area contributed by atoms with Crippen LogP contribution in [0, 0.1) is 0 Å². The third kappa shape index (κ3) is 1.92. The molecule has 0 unspecified atom stereocenters. The van der Waals surface area contributed by atoms with Gasteiger partial charge in [0, 0.05) is 13.7 Å². The molecule has 1 aromatic heterocycles. The predicted molar refractivity (Wildman–Crippen MR) is 67.0 cm³/mol. The SMILES string of the molecule is CCCn1ncc(OC)c1C(=O)C1(OC)CCC1. The van der Waals surface area contributed by atoms with Gasteiger partial charge in [0.05, 0.1) is 13.3 Å². The molecule has 0 radical (unpaired) electrons. The Morgan fingerprint density at radius 3 is 2.67 bits per heavy atom. The van der Waals surface area contributed by atoms with Crippen LogP contribution in [0.25, 0.3) is 0 Å². The predicted octanol–water partition coefficient (Wildman–Crippen LogP) is 2.05. The van der Waals surface area contributed by atoms with Gasteiger partial charge in [-0.2, -0.15) is 5.10 Å². The van der Waals surface area contributed by atoms with Crippen molar-refractivity contribution in [2.75, 3.05) is 14.2 Å². The molecule has 1 saturated carbocycles. The second-order valence-electron chi connectivity index (χ2n) is 4.67. The van der Waals surface area contributed by atoms with E-state index < -0.39 is 5.60 Å². The molecule has 18 heavy (non-hydrogen) atoms. The second-order valence-corrected chi connectivity index (χ2v) is 4.67. The molecule has 100 valence electrons. The molecule has 2 rings (SSSR count). The van der Waals surface area contributed by atoms with Crippen molar-refractivity contribution in [3.05, 3.63) is 11.9 Å². The Morgan fingerprint density at radius 1 is 1.50 bits per heavy atom. The summed E-state index contributed by atoms with van der Waals surface area (Å²) in [6.07, 6.45) is 5.12. The molecule has 5 nitrogen and oxygen atoms in total. The van der Waals surface area contributed by atoms with Gasteiger partial charge < -0.3 is 9.47 Å². The molecule has 1 fully saturated rings. The summed E-state index contributed by atoms with van der Waals surface area (Å²) < 4.78 is 12.4. The van der Waals surface area contributed by atoms with Gasteiger partial charge in [0.15, 0.2) is 5.75 Å². The first-order valence-corrected chi connectivity index (χ1v) is 6.38. The number of ether oxygens (including phenoxy) is 2. The highest BCUT2D eigenvalue weighted by Crippen LogP contribution is 2.39. The Hall–Kier alpha value is -1.36. The summed E-state index contributed by atoms with van der Waals surface area (Å²) in [5.74, 6) is 0.538. The molecule has 1 heterocycles. The number of carbonyl (C=O) groups is 1. The van der Waals surface area contributed by atoms with Gasteiger partial charge in [0.2, 0.25) is 5.78 Å². The summed E-state index contributed by atoms with van der Waals surface area (Å²) in [6, 6.07) is 0. The first-order chi connectivity index (χ1) is 8.68. The van der Waals surface area contributed by atoms with Crippen molar-refractivity contribution in [3.8, 4) is 5.75 Å². The van der Waals surface area contributed by atoms with Gasteiger partial charge in [-0.05, 0) is 25.7 Å². The molecule has 0 N–H and O–H groups in total. The third-order valence-corrected chi connectivity index (χ3v) is 3.64. The van der Waals surface area contributed by atoms with Crippen LogP contribution >= 0.6 is 0 Å². The second kappa shape index (κ2) is 5.10. The molecule has 0 saturated heterocycles. The lowest BCUT2D eigenvalue weighted by Gasteiger charge is -2.38. The Bertz CT molecular complexity index is 430. The summed E-state index contributed by atoms with van der Waals surface area (Å²) in [6.45, 7) is 2.77. The van der Waals surface area contributed by atoms with Crippen LogP contribution in [-0.4, -0.2) is 35.4 Å². The number of carbonyl (C=O) groups excluding carboxylic acids is 1. The maximum Gasteiger partial charge on any atom is 0.216 e. The van der Waals surface area contributed by atoms with E-state index in [0.717, 1.165) is 25.7 Å². The highest BCUT2D eigenvalue weighted by Gasteiger charge is 2.47. The van der Waals surface area contributed by atoms with E-state index in [2.05, 4.69) is 12.0 Å². The Balaban J connectivity index is 2.36. The molecule has 0 amide bonds. The molecule has 1 aliphatic rings. The van der Waals surface area contributed by atoms with E-state index in [4.69, 9.17) is 9.47 Å². The van der Waals surface area contributed by atoms with Gasteiger partial charge in [-0.25, -0.2) is 0 Å². The Kier molecular flexibility index (Phi) is 3.71. The van der Waals surface area contributed by atoms with Crippen LogP contribution in [0.15, 0.2) is 6.20 Å². The average Bonchev–Trinajstić information content (AvgIpc) is 2.71. The molecular formula is C13H20N2O3. The van der Waals surface area contributed by atoms with Crippen LogP contribution in [0.2, 0.25) is 0 Å². The summed E-state index contributed by atoms with van der Waals surface area (Å²) in [5, 5.41) is 4.22. The van der Waals surface area contributed by atoms with Crippen molar-refractivity contribution in [1.29, 1.82) is 0 Å². The highest BCUT2D eigenvalue weighted by molar-refractivity contribution is 6.03. The van der Waals surface area contributed by atoms with Crippen LogP contribution in [0.1, 0.15) is 43.1 Å². The number of ketones is 1. The number of hydrogen-bond acceptors (Lipinski definition) is 4. The molecule has 0 bridgehead atoms. The molecule has 0 atom stereocenters. The maximum absolute atomic E-state index is 12.7. The quantitative estimate of drug-likeness (QED) is 0.727. The molecular weight excluding hydrogens is 232 g/mol. The summed E-state index contributed by atoms with van der Waals surface area (Å²) >= 11 is 0. The molecule has 1 aromatic rings. The maximum atomic E-state index is 12.7. The zero-order valence-corrected chi connectivity index (χ0v) is 11.2. The van der Waals surface area contributed by atoms with E-state index in [1.54, 1.807) is 25.1 Å². The van der Waals surface area contributed by atoms with Gasteiger partial charge >= 0.3 is 0 Å². The van der Waals surface area contributed by atoms with E-state index in [9.17, 15) is 4.79 Å². The van der Waals surface area contributed by atoms with Crippen molar-refractivity contribution in [1.82, 2.24) is 9.78 Å². The minimum atomic E-state index is -0.654. The number of nitrogens with zero attached hydrogens (tertiary/aromatic N) is 2. The van der Waals surface area contributed by atoms with Gasteiger partial charge in [0.1, 0.15) is 11.3 Å². The monoisotopic (exact) mass is 252 g/mol. The molecule has 5 heteroatoms. The number of aryl methyl sites for hydroxylation is 1. The van der Waals surface area contributed by atoms with Crippen LogP contribution < -0.4 is 4.74 Å². The number of rotatable bonds is 6. The standard InChI is InChI=1S/C13H20N2O3/c1-4-8-15-11(10(17-2)9-14-15)12(16)13(18-3)6-5-7-13/h9H,4-8H2,1-3H3. The van der Waals surface area contributed by atoms with Crippen LogP contribution in [0.3, 0.4) is 0 Å². The highest BCUT2D eigenvalue weighted by atomic mass is 16.5. The van der Waals surface area contributed by atoms with Crippen molar-refractivity contribution < 1.29 is 14.3 Å². The smallest absolute Gasteiger partial charge is 0.216 e. The average molecular weight is 252 g/mol. The van der Waals surface area contributed by atoms with E-state index in [1.165, 1.54) is 0 Å². The molecule has 0 spiro atoms. The van der Waals surface area contributed by atoms with Crippen molar-refractivity contribution in [2.45, 2.75) is 44.8 Å². The fourth-order valence-electron chi connectivity index (χ4n) is 2.37. The molecule has 0 aliphatic heterocycles. The Labute approximate surface area is 107 Å². The molecule has 1 aliphatic carbocycles. The largest absolute Gasteiger partial charge is 0.493 e. The first-order valence-electron chi connectivity index (χ1n) is 6.38. The van der Waals surface area contributed by atoms with Crippen LogP contribution in [0.5, 0.6) is 5.75 Å². The van der Waals surface area contributed by atoms with E-state index in [-0.39, 0.29) is 5.78 Å². The minimum absolute atomic E-state index is 0.000880. The van der Waals surface area contributed by atoms with Crippen molar-refractivity contribution in [2.24, 2.45) is 0 Å². The minimum Gasteiger partial charge on any atom is -0.493 e. The van der Waals surface area contributed by atoms with E-state index >= 15 is 0 Å². The van der Waals surface area contributed by atoms with Crippen LogP contribution in [-0.2, 0) is 11.3 Å². The number of Topliss-reactive ketones (excluding diaryl/α,β-unsaturated/α-hetero) is 1. The van der Waals surface area contributed by atoms with Crippen molar-refractivity contribution >= 4 is 5.78 Å². The van der Waals surface area contributed by atoms with Gasteiger partial charge in [-0.15, -0.1) is 0 Å². The third-order valence-electron chi connectivity index (χ3n) is 3.64. The van der Waals surface area contributed by atoms with Gasteiger partial charge in [0.25, 0.3) is 0 Å². The number of aromatic nitrogens is 2. The first kappa shape index (κ1) is 13.1. The van der Waals surface area contributed by atoms with Crippen molar-refractivity contribution in [3.63, 3.8) is 0 Å². The summed E-state index contributed by atoms with van der Waals surface area (Å²) in [5.41, 5.74) is -0.111. The number of hydrogen-bond donors (Lipinski definition) is 0. The zero-order chi connectivity index (χ0) is 13.2. The van der Waals surface area contributed by atoms with Gasteiger partial charge in [-0.1, -0.05) is 6.92 Å². The fourth-order valence-corrected chi connectivity index (χ4v) is 2.37. The lowest BCUT2D eigenvalue weighted by Crippen LogP contribution is -2.47. The summed E-state index contributed by atoms with van der Waals surface area (Å²) in [7, 11) is 3.16. The summed E-state index contributed by atoms with van der Waals surface area (Å²) in [4.78, 5) is 12.7. The lowest BCUT2D eigenvalue weighted by atomic mass is 9.75. The van der Waals surface area contributed by atoms with E-state index in [0.29, 0.717) is 18.0 Å². The lowest BCUT2D eigenvalue weighted by molar-refractivity contribution is -0.0456. The van der Waals surface area contributed by atoms with Gasteiger partial charge in [-0.3, -0.25) is 9.48 Å². The topological polar surface area (TPSA) is 53.4 Å². The van der Waals surface area contributed by atoms with Crippen LogP contribution in [0.4, 0.5) is 0 Å². The van der Waals surface area contributed by atoms with E-state index in [1.807, 2.05) is 0 Å². The number of methoxy groups -OCH3 is 2. The molecule has 0 aromatic carbocycles. The Morgan fingerprint density at radius 2 is 2.22 bits per heavy atom. The zero-order valence-electron chi connectivity index (χ0n) is 11.2. The fraction of sp³-hybridized carbons (Fsp3) is 0.692. The normalized spacial score (nSPS) is 17.3.